The third kappa shape index (κ3) is 10.0. The van der Waals surface area contributed by atoms with Crippen molar-refractivity contribution in [1.29, 1.82) is 0 Å². The minimum atomic E-state index is -1.05. The van der Waals surface area contributed by atoms with E-state index in [9.17, 15) is 14.4 Å². The van der Waals surface area contributed by atoms with Crippen LogP contribution in [0.3, 0.4) is 0 Å². The van der Waals surface area contributed by atoms with Gasteiger partial charge in [0.25, 0.3) is 0 Å². The van der Waals surface area contributed by atoms with Gasteiger partial charge in [0.1, 0.15) is 17.7 Å². The highest BCUT2D eigenvalue weighted by Crippen LogP contribution is 2.22. The minimum Gasteiger partial charge on any atom is -0.444 e. The minimum absolute atomic E-state index is 0.136. The van der Waals surface area contributed by atoms with Crippen LogP contribution in [-0.4, -0.2) is 40.7 Å². The van der Waals surface area contributed by atoms with Gasteiger partial charge in [-0.2, -0.15) is 0 Å². The summed E-state index contributed by atoms with van der Waals surface area (Å²) in [6, 6.07) is 3.29. The van der Waals surface area contributed by atoms with Gasteiger partial charge in [0.2, 0.25) is 0 Å². The Bertz CT molecular complexity index is 735. The Morgan fingerprint density at radius 3 is 2.24 bits per heavy atom. The van der Waals surface area contributed by atoms with Gasteiger partial charge in [-0.05, 0) is 51.7 Å². The highest BCUT2D eigenvalue weighted by molar-refractivity contribution is 5.92. The summed E-state index contributed by atoms with van der Waals surface area (Å²) in [5.41, 5.74) is 6.27. The van der Waals surface area contributed by atoms with Crippen LogP contribution in [0.15, 0.2) is 18.2 Å². The van der Waals surface area contributed by atoms with Crippen molar-refractivity contribution in [1.82, 2.24) is 10.3 Å². The van der Waals surface area contributed by atoms with Crippen molar-refractivity contribution in [2.24, 2.45) is 11.1 Å². The summed E-state index contributed by atoms with van der Waals surface area (Å²) in [7, 11) is 0. The average molecular weight is 408 g/mol. The molecule has 0 unspecified atom stereocenters. The third-order valence-electron chi connectivity index (χ3n) is 3.67. The van der Waals surface area contributed by atoms with Crippen LogP contribution in [0.4, 0.5) is 4.79 Å². The fourth-order valence-corrected chi connectivity index (χ4v) is 2.52. The molecule has 0 saturated carbocycles. The molecule has 0 fully saturated rings. The van der Waals surface area contributed by atoms with Crippen molar-refractivity contribution in [3.8, 4) is 0 Å². The summed E-state index contributed by atoms with van der Waals surface area (Å²) >= 11 is 0. The quantitative estimate of drug-likeness (QED) is 0.549. The van der Waals surface area contributed by atoms with E-state index in [-0.39, 0.29) is 18.3 Å². The van der Waals surface area contributed by atoms with E-state index in [1.54, 1.807) is 26.8 Å². The Morgan fingerprint density at radius 2 is 1.72 bits per heavy atom. The molecule has 1 aromatic rings. The molecule has 0 radical (unpaired) electrons. The van der Waals surface area contributed by atoms with Gasteiger partial charge in [-0.15, -0.1) is 0 Å². The zero-order valence-corrected chi connectivity index (χ0v) is 18.4. The number of hydrogen-bond acceptors (Lipinski definition) is 7. The number of alkyl carbamates (subject to hydrolysis) is 1. The van der Waals surface area contributed by atoms with Crippen molar-refractivity contribution in [3.63, 3.8) is 0 Å². The summed E-state index contributed by atoms with van der Waals surface area (Å²) in [4.78, 5) is 41.2. The fourth-order valence-electron chi connectivity index (χ4n) is 2.52. The number of rotatable bonds is 6. The van der Waals surface area contributed by atoms with Crippen molar-refractivity contribution in [2.45, 2.75) is 79.0 Å². The maximum atomic E-state index is 12.6. The maximum absolute atomic E-state index is 12.6. The smallest absolute Gasteiger partial charge is 0.408 e. The predicted molar refractivity (Wildman–Crippen MR) is 109 cm³/mol. The molecule has 1 aromatic heterocycles. The molecule has 1 heterocycles. The van der Waals surface area contributed by atoms with Crippen LogP contribution in [0, 0.1) is 12.3 Å². The molecule has 8 heteroatoms. The number of hydrogen-bond donors (Lipinski definition) is 2. The zero-order chi connectivity index (χ0) is 22.4. The van der Waals surface area contributed by atoms with Gasteiger partial charge < -0.3 is 20.5 Å². The molecular formula is C21H33N3O5. The number of aryl methyl sites for hydroxylation is 1. The highest BCUT2D eigenvalue weighted by Gasteiger charge is 2.32. The first-order valence-corrected chi connectivity index (χ1v) is 9.59. The van der Waals surface area contributed by atoms with E-state index in [1.165, 1.54) is 0 Å². The number of pyridine rings is 1. The van der Waals surface area contributed by atoms with Crippen molar-refractivity contribution in [3.05, 3.63) is 29.6 Å². The molecule has 0 aromatic carbocycles. The Balaban J connectivity index is 2.78. The molecule has 1 amide bonds. The lowest BCUT2D eigenvalue weighted by Crippen LogP contribution is -2.48. The van der Waals surface area contributed by atoms with Crippen molar-refractivity contribution >= 4 is 18.0 Å². The number of amides is 1. The van der Waals surface area contributed by atoms with Crippen LogP contribution in [0.5, 0.6) is 0 Å². The number of esters is 2. The first kappa shape index (κ1) is 24.6. The van der Waals surface area contributed by atoms with E-state index in [4.69, 9.17) is 15.2 Å². The second-order valence-electron chi connectivity index (χ2n) is 9.28. The molecule has 0 saturated heterocycles. The lowest BCUT2D eigenvalue weighted by Gasteiger charge is -2.27. The third-order valence-corrected chi connectivity index (χ3v) is 3.67. The topological polar surface area (TPSA) is 121 Å². The summed E-state index contributed by atoms with van der Waals surface area (Å²) in [5, 5.41) is 2.49. The lowest BCUT2D eigenvalue weighted by molar-refractivity contribution is -0.162. The number of nitrogens with one attached hydrogen (secondary N) is 1. The van der Waals surface area contributed by atoms with Gasteiger partial charge in [0, 0.05) is 17.8 Å². The van der Waals surface area contributed by atoms with E-state index in [0.717, 1.165) is 5.69 Å². The molecule has 3 N–H and O–H groups in total. The number of aromatic nitrogens is 1. The first-order valence-electron chi connectivity index (χ1n) is 9.59. The van der Waals surface area contributed by atoms with Gasteiger partial charge in [-0.1, -0.05) is 26.8 Å². The number of nitrogens with two attached hydrogens (primary N) is 1. The Labute approximate surface area is 172 Å². The van der Waals surface area contributed by atoms with E-state index >= 15 is 0 Å². The van der Waals surface area contributed by atoms with Gasteiger partial charge in [0.05, 0.1) is 0 Å². The van der Waals surface area contributed by atoms with Crippen LogP contribution < -0.4 is 11.1 Å². The standard InChI is InChI=1S/C21H33N3O5/c1-13-9-8-10-14(23-13)11-15(22)17(25)28-18(26)16(12-20(2,3)4)24-19(27)29-21(5,6)7/h8-10,15-16H,11-12,22H2,1-7H3,(H,24,27)/t15-,16+/m0/s1. The molecule has 0 spiro atoms. The van der Waals surface area contributed by atoms with Gasteiger partial charge in [-0.25, -0.2) is 14.4 Å². The molecule has 0 aliphatic heterocycles. The van der Waals surface area contributed by atoms with E-state index in [0.29, 0.717) is 5.69 Å². The van der Waals surface area contributed by atoms with Crippen molar-refractivity contribution in [2.75, 3.05) is 0 Å². The molecule has 29 heavy (non-hydrogen) atoms. The summed E-state index contributed by atoms with van der Waals surface area (Å²) in [6.45, 7) is 12.7. The zero-order valence-electron chi connectivity index (χ0n) is 18.4. The SMILES string of the molecule is Cc1cccc(C[C@H](N)C(=O)OC(=O)[C@@H](CC(C)(C)C)NC(=O)OC(C)(C)C)n1. The molecule has 2 atom stereocenters. The average Bonchev–Trinajstić information content (AvgIpc) is 2.50. The van der Waals surface area contributed by atoms with E-state index in [2.05, 4.69) is 10.3 Å². The molecule has 8 nitrogen and oxygen atoms in total. The molecule has 162 valence electrons. The number of carbonyl (C=O) groups excluding carboxylic acids is 3. The van der Waals surface area contributed by atoms with Gasteiger partial charge in [-0.3, -0.25) is 4.98 Å². The second kappa shape index (κ2) is 9.82. The second-order valence-corrected chi connectivity index (χ2v) is 9.28. The first-order chi connectivity index (χ1) is 13.2. The normalized spacial score (nSPS) is 13.9. The Morgan fingerprint density at radius 1 is 1.10 bits per heavy atom. The van der Waals surface area contributed by atoms with E-state index in [1.807, 2.05) is 39.8 Å². The Kier molecular flexibility index (Phi) is 8.32. The fraction of sp³-hybridized carbons (Fsp3) is 0.619. The molecule has 0 aliphatic rings. The molecular weight excluding hydrogens is 374 g/mol. The number of carbonyl (C=O) groups is 3. The van der Waals surface area contributed by atoms with Crippen LogP contribution in [0.2, 0.25) is 0 Å². The monoisotopic (exact) mass is 407 g/mol. The molecule has 0 bridgehead atoms. The maximum Gasteiger partial charge on any atom is 0.408 e. The van der Waals surface area contributed by atoms with Gasteiger partial charge >= 0.3 is 18.0 Å². The predicted octanol–water partition coefficient (Wildman–Crippen LogP) is 2.66. The van der Waals surface area contributed by atoms with Crippen molar-refractivity contribution < 1.29 is 23.9 Å². The Hall–Kier alpha value is -2.48. The lowest BCUT2D eigenvalue weighted by atomic mass is 9.88. The number of nitrogens with zero attached hydrogens (tertiary/aromatic N) is 1. The highest BCUT2D eigenvalue weighted by atomic mass is 16.6. The van der Waals surface area contributed by atoms with Crippen LogP contribution in [0.25, 0.3) is 0 Å². The summed E-state index contributed by atoms with van der Waals surface area (Å²) in [5.74, 6) is -1.74. The van der Waals surface area contributed by atoms with Crippen LogP contribution in [-0.2, 0) is 25.5 Å². The molecule has 0 aliphatic carbocycles. The largest absolute Gasteiger partial charge is 0.444 e. The molecule has 1 rings (SSSR count). The number of ether oxygens (including phenoxy) is 2. The van der Waals surface area contributed by atoms with Crippen LogP contribution in [0.1, 0.15) is 59.4 Å². The summed E-state index contributed by atoms with van der Waals surface area (Å²) in [6.07, 6.45) is -0.367. The van der Waals surface area contributed by atoms with E-state index < -0.39 is 35.7 Å². The van der Waals surface area contributed by atoms with Gasteiger partial charge in [0.15, 0.2) is 0 Å². The summed E-state index contributed by atoms with van der Waals surface area (Å²) < 4.78 is 10.2. The van der Waals surface area contributed by atoms with Crippen LogP contribution >= 0.6 is 0 Å².